The molecule has 28 heavy (non-hydrogen) atoms. The van der Waals surface area contributed by atoms with Crippen molar-refractivity contribution in [1.82, 2.24) is 4.98 Å². The zero-order chi connectivity index (χ0) is 21.3. The van der Waals surface area contributed by atoms with Gasteiger partial charge in [0.15, 0.2) is 0 Å². The highest BCUT2D eigenvalue weighted by Crippen LogP contribution is 2.47. The highest BCUT2D eigenvalue weighted by atomic mass is 32.1. The van der Waals surface area contributed by atoms with Gasteiger partial charge in [-0.15, -0.1) is 0 Å². The van der Waals surface area contributed by atoms with E-state index in [1.165, 1.54) is 0 Å². The van der Waals surface area contributed by atoms with E-state index >= 15 is 4.39 Å². The molecule has 2 rings (SSSR count). The van der Waals surface area contributed by atoms with Gasteiger partial charge in [-0.05, 0) is 52.0 Å². The Morgan fingerprint density at radius 3 is 2.21 bits per heavy atom. The lowest BCUT2D eigenvalue weighted by atomic mass is 9.69. The third-order valence-electron chi connectivity index (χ3n) is 5.17. The Hall–Kier alpha value is -1.87. The lowest BCUT2D eigenvalue weighted by molar-refractivity contribution is 0.0881. The van der Waals surface area contributed by atoms with Crippen molar-refractivity contribution >= 4 is 29.1 Å². The highest BCUT2D eigenvalue weighted by molar-refractivity contribution is 7.83. The zero-order valence-corrected chi connectivity index (χ0v) is 19.0. The maximum atomic E-state index is 16.2. The molecular weight excluding hydrogens is 365 g/mol. The number of para-hydroxylation sites is 1. The number of thiol groups is 1. The fourth-order valence-corrected chi connectivity index (χ4v) is 3.30. The zero-order valence-electron chi connectivity index (χ0n) is 18.1. The number of alkyl halides is 1. The van der Waals surface area contributed by atoms with Crippen molar-refractivity contribution in [2.45, 2.75) is 54.1 Å². The largest absolute Gasteiger partial charge is 0.256 e. The Labute approximate surface area is 174 Å². The SMILES string of the molecule is C=C(C(=C/S)/C(=C\C(C)(C)C)C(C)(F)C(C)(C)C)c1cnc2ccccc2c1. The van der Waals surface area contributed by atoms with Crippen molar-refractivity contribution in [1.29, 1.82) is 0 Å². The first-order chi connectivity index (χ1) is 12.8. The maximum absolute atomic E-state index is 16.2. The summed E-state index contributed by atoms with van der Waals surface area (Å²) >= 11 is 4.44. The van der Waals surface area contributed by atoms with Crippen molar-refractivity contribution in [3.8, 4) is 0 Å². The second kappa shape index (κ2) is 7.87. The Balaban J connectivity index is 2.62. The first kappa shape index (κ1) is 22.4. The number of pyridine rings is 1. The summed E-state index contributed by atoms with van der Waals surface area (Å²) in [6.45, 7) is 17.9. The molecule has 0 fully saturated rings. The van der Waals surface area contributed by atoms with E-state index < -0.39 is 11.1 Å². The van der Waals surface area contributed by atoms with Gasteiger partial charge in [-0.3, -0.25) is 4.98 Å². The van der Waals surface area contributed by atoms with E-state index in [1.54, 1.807) is 18.5 Å². The summed E-state index contributed by atoms with van der Waals surface area (Å²) in [5, 5.41) is 2.69. The Bertz CT molecular complexity index is 937. The van der Waals surface area contributed by atoms with Gasteiger partial charge in [0.05, 0.1) is 5.52 Å². The molecule has 0 radical (unpaired) electrons. The average molecular weight is 398 g/mol. The number of rotatable bonds is 4. The smallest absolute Gasteiger partial charge is 0.138 e. The van der Waals surface area contributed by atoms with E-state index in [4.69, 9.17) is 0 Å². The van der Waals surface area contributed by atoms with Crippen LogP contribution in [0.2, 0.25) is 0 Å². The van der Waals surface area contributed by atoms with E-state index in [9.17, 15) is 0 Å². The number of fused-ring (bicyclic) bond motifs is 1. The van der Waals surface area contributed by atoms with Gasteiger partial charge >= 0.3 is 0 Å². The molecule has 0 N–H and O–H groups in total. The van der Waals surface area contributed by atoms with Gasteiger partial charge in [-0.25, -0.2) is 4.39 Å². The Morgan fingerprint density at radius 2 is 1.68 bits per heavy atom. The molecule has 3 heteroatoms. The molecule has 0 bridgehead atoms. The van der Waals surface area contributed by atoms with E-state index in [0.29, 0.717) is 11.1 Å². The Kier molecular flexibility index (Phi) is 6.30. The summed E-state index contributed by atoms with van der Waals surface area (Å²) < 4.78 is 16.2. The average Bonchev–Trinajstić information content (AvgIpc) is 2.59. The van der Waals surface area contributed by atoms with Crippen LogP contribution in [-0.2, 0) is 0 Å². The molecule has 2 aromatic rings. The summed E-state index contributed by atoms with van der Waals surface area (Å²) in [6, 6.07) is 9.98. The van der Waals surface area contributed by atoms with Gasteiger partial charge in [0.2, 0.25) is 0 Å². The van der Waals surface area contributed by atoms with Crippen LogP contribution in [0.4, 0.5) is 4.39 Å². The van der Waals surface area contributed by atoms with Gasteiger partial charge in [-0.1, -0.05) is 72.4 Å². The number of allylic oxidation sites excluding steroid dienone is 4. The summed E-state index contributed by atoms with van der Waals surface area (Å²) in [5.74, 6) is 0. The molecule has 1 aromatic heterocycles. The topological polar surface area (TPSA) is 12.9 Å². The van der Waals surface area contributed by atoms with Crippen LogP contribution in [-0.4, -0.2) is 10.7 Å². The van der Waals surface area contributed by atoms with Gasteiger partial charge < -0.3 is 0 Å². The molecule has 0 spiro atoms. The fourth-order valence-electron chi connectivity index (χ4n) is 3.00. The summed E-state index contributed by atoms with van der Waals surface area (Å²) in [6.07, 6.45) is 3.79. The minimum absolute atomic E-state index is 0.197. The quantitative estimate of drug-likeness (QED) is 0.410. The van der Waals surface area contributed by atoms with Gasteiger partial charge in [-0.2, -0.15) is 12.6 Å². The lowest BCUT2D eigenvalue weighted by Gasteiger charge is -2.39. The first-order valence-corrected chi connectivity index (χ1v) is 10.1. The number of aromatic nitrogens is 1. The highest BCUT2D eigenvalue weighted by Gasteiger charge is 2.43. The number of benzene rings is 1. The van der Waals surface area contributed by atoms with Crippen molar-refractivity contribution in [2.75, 3.05) is 0 Å². The second-order valence-electron chi connectivity index (χ2n) is 9.62. The number of nitrogens with zero attached hydrogens (tertiary/aromatic N) is 1. The molecule has 150 valence electrons. The summed E-state index contributed by atoms with van der Waals surface area (Å²) in [4.78, 5) is 4.54. The first-order valence-electron chi connectivity index (χ1n) is 9.59. The van der Waals surface area contributed by atoms with Crippen LogP contribution in [0.25, 0.3) is 16.5 Å². The van der Waals surface area contributed by atoms with E-state index in [0.717, 1.165) is 22.0 Å². The molecule has 0 saturated carbocycles. The third-order valence-corrected chi connectivity index (χ3v) is 5.43. The molecule has 1 nitrogen and oxygen atoms in total. The van der Waals surface area contributed by atoms with Gasteiger partial charge in [0, 0.05) is 17.1 Å². The fraction of sp³-hybridized carbons (Fsp3) is 0.400. The van der Waals surface area contributed by atoms with E-state index in [1.807, 2.05) is 57.2 Å². The van der Waals surface area contributed by atoms with Crippen LogP contribution in [0, 0.1) is 10.8 Å². The second-order valence-corrected chi connectivity index (χ2v) is 9.87. The standard InChI is InChI=1S/C25H32FNS/c1-17(19-13-18-11-9-10-12-22(18)27-15-19)20(16-28)21(14-23(2,3)4)25(8,26)24(5,6)7/h9-16,28H,1H2,2-8H3/b20-16-,21-14+. The number of hydrogen-bond donors (Lipinski definition) is 1. The molecule has 1 unspecified atom stereocenters. The molecule has 1 aromatic carbocycles. The number of hydrogen-bond acceptors (Lipinski definition) is 2. The van der Waals surface area contributed by atoms with Crippen LogP contribution < -0.4 is 0 Å². The van der Waals surface area contributed by atoms with E-state index in [-0.39, 0.29) is 5.41 Å². The van der Waals surface area contributed by atoms with Gasteiger partial charge in [0.25, 0.3) is 0 Å². The van der Waals surface area contributed by atoms with E-state index in [2.05, 4.69) is 45.0 Å². The van der Waals surface area contributed by atoms with Crippen molar-refractivity contribution in [3.05, 3.63) is 71.3 Å². The third kappa shape index (κ3) is 4.75. The van der Waals surface area contributed by atoms with Crippen molar-refractivity contribution in [3.63, 3.8) is 0 Å². The molecular formula is C25H32FNS. The summed E-state index contributed by atoms with van der Waals surface area (Å²) in [7, 11) is 0. The lowest BCUT2D eigenvalue weighted by Crippen LogP contribution is -2.38. The van der Waals surface area contributed by atoms with Crippen LogP contribution in [0.15, 0.2) is 65.7 Å². The number of halogens is 1. The summed E-state index contributed by atoms with van der Waals surface area (Å²) in [5.41, 5.74) is 1.47. The van der Waals surface area contributed by atoms with Crippen molar-refractivity contribution in [2.24, 2.45) is 10.8 Å². The Morgan fingerprint density at radius 1 is 1.07 bits per heavy atom. The van der Waals surface area contributed by atoms with Crippen LogP contribution in [0.5, 0.6) is 0 Å². The predicted molar refractivity (Wildman–Crippen MR) is 124 cm³/mol. The molecule has 0 aliphatic rings. The molecule has 0 amide bonds. The monoisotopic (exact) mass is 397 g/mol. The molecule has 0 saturated heterocycles. The van der Waals surface area contributed by atoms with Gasteiger partial charge in [0.1, 0.15) is 5.67 Å². The molecule has 0 aliphatic carbocycles. The minimum Gasteiger partial charge on any atom is -0.256 e. The minimum atomic E-state index is -1.57. The van der Waals surface area contributed by atoms with Crippen LogP contribution >= 0.6 is 12.6 Å². The van der Waals surface area contributed by atoms with Crippen LogP contribution in [0.3, 0.4) is 0 Å². The predicted octanol–water partition coefficient (Wildman–Crippen LogP) is 7.81. The normalized spacial score (nSPS) is 16.2. The molecule has 1 heterocycles. The van der Waals surface area contributed by atoms with Crippen molar-refractivity contribution < 1.29 is 4.39 Å². The van der Waals surface area contributed by atoms with Crippen LogP contribution in [0.1, 0.15) is 54.0 Å². The molecule has 1 atom stereocenters. The molecule has 0 aliphatic heterocycles. The maximum Gasteiger partial charge on any atom is 0.138 e.